The average Bonchev–Trinajstić information content (AvgIpc) is 3.07. The Bertz CT molecular complexity index is 1060. The zero-order valence-corrected chi connectivity index (χ0v) is 19.9. The molecule has 10 heteroatoms. The van der Waals surface area contributed by atoms with Gasteiger partial charge in [-0.1, -0.05) is 23.7 Å². The SMILES string of the molecule is COc1cc(CC(=O)NCCN2C(=O)S/C(=C\c3ccc(Cl)cc3)C2=O)cc(OC)c1OC. The first-order valence-corrected chi connectivity index (χ1v) is 11.1. The first-order chi connectivity index (χ1) is 15.9. The molecule has 1 aliphatic heterocycles. The molecule has 0 spiro atoms. The van der Waals surface area contributed by atoms with E-state index in [2.05, 4.69) is 5.32 Å². The minimum atomic E-state index is -0.390. The van der Waals surface area contributed by atoms with E-state index in [-0.39, 0.29) is 36.6 Å². The predicted octanol–water partition coefficient (Wildman–Crippen LogP) is 3.76. The normalized spacial score (nSPS) is 14.5. The molecule has 0 aromatic heterocycles. The van der Waals surface area contributed by atoms with Crippen LogP contribution in [0.1, 0.15) is 11.1 Å². The molecule has 2 aromatic rings. The number of carbonyl (C=O) groups is 3. The standard InChI is InChI=1S/C23H23ClN2O6S/c1-30-17-10-15(11-18(31-2)21(17)32-3)13-20(27)25-8-9-26-22(28)19(33-23(26)29)12-14-4-6-16(24)7-5-14/h4-7,10-12H,8-9,13H2,1-3H3,(H,25,27)/b19-12-. The Morgan fingerprint density at radius 2 is 1.70 bits per heavy atom. The van der Waals surface area contributed by atoms with Crippen LogP contribution in [0.25, 0.3) is 6.08 Å². The Labute approximate surface area is 200 Å². The van der Waals surface area contributed by atoms with Crippen molar-refractivity contribution in [1.82, 2.24) is 10.2 Å². The van der Waals surface area contributed by atoms with Gasteiger partial charge >= 0.3 is 0 Å². The maximum atomic E-state index is 12.6. The van der Waals surface area contributed by atoms with E-state index in [4.69, 9.17) is 25.8 Å². The number of benzene rings is 2. The van der Waals surface area contributed by atoms with Crippen LogP contribution in [0.4, 0.5) is 4.79 Å². The Morgan fingerprint density at radius 1 is 1.06 bits per heavy atom. The molecule has 0 atom stereocenters. The van der Waals surface area contributed by atoms with Crippen molar-refractivity contribution in [2.75, 3.05) is 34.4 Å². The van der Waals surface area contributed by atoms with Gasteiger partial charge in [0.15, 0.2) is 11.5 Å². The number of halogens is 1. The molecule has 0 saturated carbocycles. The van der Waals surface area contributed by atoms with E-state index in [0.29, 0.717) is 32.7 Å². The summed E-state index contributed by atoms with van der Waals surface area (Å²) in [6.07, 6.45) is 1.71. The summed E-state index contributed by atoms with van der Waals surface area (Å²) >= 11 is 6.74. The van der Waals surface area contributed by atoms with Crippen molar-refractivity contribution in [3.63, 3.8) is 0 Å². The number of carbonyl (C=O) groups excluding carboxylic acids is 3. The van der Waals surface area contributed by atoms with E-state index in [9.17, 15) is 14.4 Å². The minimum absolute atomic E-state index is 0.0646. The van der Waals surface area contributed by atoms with Crippen LogP contribution in [-0.4, -0.2) is 56.4 Å². The molecule has 0 aliphatic carbocycles. The number of methoxy groups -OCH3 is 3. The second-order valence-electron chi connectivity index (χ2n) is 6.95. The van der Waals surface area contributed by atoms with Gasteiger partial charge in [-0.3, -0.25) is 19.3 Å². The molecular formula is C23H23ClN2O6S. The molecule has 2 aromatic carbocycles. The van der Waals surface area contributed by atoms with Crippen LogP contribution in [0.5, 0.6) is 17.2 Å². The highest BCUT2D eigenvalue weighted by Gasteiger charge is 2.34. The van der Waals surface area contributed by atoms with Gasteiger partial charge in [0.1, 0.15) is 0 Å². The van der Waals surface area contributed by atoms with Crippen molar-refractivity contribution < 1.29 is 28.6 Å². The van der Waals surface area contributed by atoms with E-state index >= 15 is 0 Å². The number of imide groups is 1. The summed E-state index contributed by atoms with van der Waals surface area (Å²) in [5.41, 5.74) is 1.43. The first-order valence-electron chi connectivity index (χ1n) is 9.92. The number of rotatable bonds is 9. The van der Waals surface area contributed by atoms with Gasteiger partial charge in [-0.2, -0.15) is 0 Å². The van der Waals surface area contributed by atoms with E-state index in [1.807, 2.05) is 0 Å². The summed E-state index contributed by atoms with van der Waals surface area (Å²) in [4.78, 5) is 38.7. The van der Waals surface area contributed by atoms with Crippen molar-refractivity contribution in [3.8, 4) is 17.2 Å². The van der Waals surface area contributed by atoms with Crippen molar-refractivity contribution in [2.45, 2.75) is 6.42 Å². The molecule has 1 heterocycles. The molecule has 0 unspecified atom stereocenters. The summed E-state index contributed by atoms with van der Waals surface area (Å²) < 4.78 is 15.9. The van der Waals surface area contributed by atoms with Crippen LogP contribution < -0.4 is 19.5 Å². The molecular weight excluding hydrogens is 468 g/mol. The molecule has 1 N–H and O–H groups in total. The maximum absolute atomic E-state index is 12.6. The summed E-state index contributed by atoms with van der Waals surface area (Å²) in [5.74, 6) is 0.678. The third-order valence-corrected chi connectivity index (χ3v) is 5.95. The summed E-state index contributed by atoms with van der Waals surface area (Å²) in [7, 11) is 4.50. The van der Waals surface area contributed by atoms with Gasteiger partial charge in [0.2, 0.25) is 11.7 Å². The van der Waals surface area contributed by atoms with Gasteiger partial charge in [-0.15, -0.1) is 0 Å². The Morgan fingerprint density at radius 3 is 2.27 bits per heavy atom. The van der Waals surface area contributed by atoms with E-state index in [1.165, 1.54) is 21.3 Å². The van der Waals surface area contributed by atoms with E-state index in [1.54, 1.807) is 42.5 Å². The van der Waals surface area contributed by atoms with Crippen molar-refractivity contribution in [2.24, 2.45) is 0 Å². The van der Waals surface area contributed by atoms with Crippen LogP contribution in [0.3, 0.4) is 0 Å². The second-order valence-corrected chi connectivity index (χ2v) is 8.37. The number of thioether (sulfide) groups is 1. The van der Waals surface area contributed by atoms with Crippen molar-refractivity contribution in [3.05, 3.63) is 57.5 Å². The highest BCUT2D eigenvalue weighted by atomic mass is 35.5. The number of amides is 3. The van der Waals surface area contributed by atoms with Gasteiger partial charge < -0.3 is 19.5 Å². The minimum Gasteiger partial charge on any atom is -0.493 e. The fourth-order valence-electron chi connectivity index (χ4n) is 3.20. The first kappa shape index (κ1) is 24.5. The summed E-state index contributed by atoms with van der Waals surface area (Å²) in [6.45, 7) is 0.207. The molecule has 174 valence electrons. The lowest BCUT2D eigenvalue weighted by molar-refractivity contribution is -0.124. The van der Waals surface area contributed by atoms with Crippen LogP contribution in [0.2, 0.25) is 5.02 Å². The van der Waals surface area contributed by atoms with Crippen LogP contribution >= 0.6 is 23.4 Å². The quantitative estimate of drug-likeness (QED) is 0.535. The number of nitrogens with zero attached hydrogens (tertiary/aromatic N) is 1. The fourth-order valence-corrected chi connectivity index (χ4v) is 4.19. The maximum Gasteiger partial charge on any atom is 0.293 e. The van der Waals surface area contributed by atoms with Gasteiger partial charge in [-0.25, -0.2) is 0 Å². The predicted molar refractivity (Wildman–Crippen MR) is 127 cm³/mol. The van der Waals surface area contributed by atoms with Crippen LogP contribution in [-0.2, 0) is 16.0 Å². The Kier molecular flexibility index (Phi) is 8.24. The lowest BCUT2D eigenvalue weighted by atomic mass is 10.1. The summed E-state index contributed by atoms with van der Waals surface area (Å²) in [6, 6.07) is 10.3. The lowest BCUT2D eigenvalue weighted by Crippen LogP contribution is -2.37. The van der Waals surface area contributed by atoms with Gasteiger partial charge in [0.25, 0.3) is 11.1 Å². The molecule has 1 fully saturated rings. The van der Waals surface area contributed by atoms with Crippen LogP contribution in [0.15, 0.2) is 41.3 Å². The number of nitrogens with one attached hydrogen (secondary N) is 1. The molecule has 0 radical (unpaired) electrons. The number of hydrogen-bond acceptors (Lipinski definition) is 7. The Hall–Kier alpha value is -3.17. The van der Waals surface area contributed by atoms with Gasteiger partial charge in [0.05, 0.1) is 32.7 Å². The lowest BCUT2D eigenvalue weighted by Gasteiger charge is -2.15. The van der Waals surface area contributed by atoms with Crippen LogP contribution in [0, 0.1) is 0 Å². The van der Waals surface area contributed by atoms with Gasteiger partial charge in [0, 0.05) is 18.1 Å². The smallest absolute Gasteiger partial charge is 0.293 e. The average molecular weight is 491 g/mol. The zero-order valence-electron chi connectivity index (χ0n) is 18.3. The highest BCUT2D eigenvalue weighted by molar-refractivity contribution is 8.18. The van der Waals surface area contributed by atoms with Crippen molar-refractivity contribution >= 4 is 46.5 Å². The number of ether oxygens (including phenoxy) is 3. The van der Waals surface area contributed by atoms with Crippen molar-refractivity contribution in [1.29, 1.82) is 0 Å². The highest BCUT2D eigenvalue weighted by Crippen LogP contribution is 2.38. The third kappa shape index (κ3) is 6.00. The monoisotopic (exact) mass is 490 g/mol. The van der Waals surface area contributed by atoms with Gasteiger partial charge in [-0.05, 0) is 53.2 Å². The molecule has 1 aliphatic rings. The molecule has 0 bridgehead atoms. The number of hydrogen-bond donors (Lipinski definition) is 1. The zero-order chi connectivity index (χ0) is 24.0. The third-order valence-electron chi connectivity index (χ3n) is 4.79. The second kappa shape index (κ2) is 11.1. The topological polar surface area (TPSA) is 94.2 Å². The Balaban J connectivity index is 1.57. The molecule has 1 saturated heterocycles. The molecule has 8 nitrogen and oxygen atoms in total. The fraction of sp³-hybridized carbons (Fsp3) is 0.261. The summed E-state index contributed by atoms with van der Waals surface area (Å²) in [5, 5.41) is 2.94. The largest absolute Gasteiger partial charge is 0.493 e. The van der Waals surface area contributed by atoms with E-state index < -0.39 is 0 Å². The van der Waals surface area contributed by atoms with E-state index in [0.717, 1.165) is 22.2 Å². The molecule has 3 rings (SSSR count). The molecule has 33 heavy (non-hydrogen) atoms. The molecule has 3 amide bonds.